The Morgan fingerprint density at radius 3 is 2.00 bits per heavy atom. The summed E-state index contributed by atoms with van der Waals surface area (Å²) in [6.07, 6.45) is 19.0. The quantitative estimate of drug-likeness (QED) is 0.575. The molecule has 21 heavy (non-hydrogen) atoms. The lowest BCUT2D eigenvalue weighted by atomic mass is 10.1. The molecule has 1 heterocycles. The van der Waals surface area contributed by atoms with Gasteiger partial charge in [0.15, 0.2) is 0 Å². The largest absolute Gasteiger partial charge is 0.343 e. The van der Waals surface area contributed by atoms with Crippen LogP contribution in [-0.2, 0) is 4.79 Å². The van der Waals surface area contributed by atoms with E-state index in [0.29, 0.717) is 5.91 Å². The molecule has 0 aromatic carbocycles. The Bertz CT molecular complexity index is 252. The first-order valence-electron chi connectivity index (χ1n) is 9.62. The van der Waals surface area contributed by atoms with E-state index in [9.17, 15) is 4.79 Å². The number of nitrogens with zero attached hydrogens (tertiary/aromatic N) is 1. The molecule has 1 aliphatic rings. The third-order valence-electron chi connectivity index (χ3n) is 4.70. The third-order valence-corrected chi connectivity index (χ3v) is 4.70. The molecule has 2 heteroatoms. The summed E-state index contributed by atoms with van der Waals surface area (Å²) < 4.78 is 0. The lowest BCUT2D eigenvalue weighted by Crippen LogP contribution is -2.32. The van der Waals surface area contributed by atoms with Crippen molar-refractivity contribution in [3.63, 3.8) is 0 Å². The van der Waals surface area contributed by atoms with Crippen LogP contribution in [0.4, 0.5) is 0 Å². The van der Waals surface area contributed by atoms with E-state index in [2.05, 4.69) is 11.8 Å². The number of carbonyl (C=O) groups is 1. The van der Waals surface area contributed by atoms with Gasteiger partial charge in [-0.25, -0.2) is 0 Å². The molecule has 1 rings (SSSR count). The molecule has 0 N–H and O–H groups in total. The van der Waals surface area contributed by atoms with Gasteiger partial charge in [-0.15, -0.1) is 0 Å². The van der Waals surface area contributed by atoms with Gasteiger partial charge in [0, 0.05) is 19.5 Å². The number of unbranched alkanes of at least 4 members (excludes halogenated alkanes) is 4. The molecule has 2 nitrogen and oxygen atoms in total. The van der Waals surface area contributed by atoms with Crippen molar-refractivity contribution in [3.8, 4) is 0 Å². The van der Waals surface area contributed by atoms with Gasteiger partial charge in [0.2, 0.25) is 5.91 Å². The van der Waals surface area contributed by atoms with Gasteiger partial charge < -0.3 is 4.90 Å². The van der Waals surface area contributed by atoms with Crippen molar-refractivity contribution in [2.45, 2.75) is 103 Å². The summed E-state index contributed by atoms with van der Waals surface area (Å²) in [5.74, 6) is 0.421. The average Bonchev–Trinajstić information content (AvgIpc) is 2.51. The van der Waals surface area contributed by atoms with Gasteiger partial charge in [-0.2, -0.15) is 0 Å². The molecule has 0 aromatic rings. The molecule has 124 valence electrons. The van der Waals surface area contributed by atoms with Crippen LogP contribution in [0.1, 0.15) is 103 Å². The molecule has 0 aromatic heterocycles. The summed E-state index contributed by atoms with van der Waals surface area (Å²) >= 11 is 0. The lowest BCUT2D eigenvalue weighted by molar-refractivity contribution is -0.131. The summed E-state index contributed by atoms with van der Waals surface area (Å²) in [5.41, 5.74) is 0. The molecule has 1 amide bonds. The molecule has 0 bridgehead atoms. The van der Waals surface area contributed by atoms with Crippen LogP contribution in [-0.4, -0.2) is 23.9 Å². The van der Waals surface area contributed by atoms with Gasteiger partial charge in [0.25, 0.3) is 0 Å². The summed E-state index contributed by atoms with van der Waals surface area (Å²) in [7, 11) is 0. The normalized spacial score (nSPS) is 19.7. The summed E-state index contributed by atoms with van der Waals surface area (Å²) in [5, 5.41) is 0. The third kappa shape index (κ3) is 9.92. The molecule has 0 atom stereocenters. The van der Waals surface area contributed by atoms with Gasteiger partial charge in [-0.3, -0.25) is 4.79 Å². The van der Waals surface area contributed by atoms with Crippen molar-refractivity contribution in [1.29, 1.82) is 0 Å². The predicted octanol–water partition coefficient (Wildman–Crippen LogP) is 5.70. The maximum atomic E-state index is 12.4. The molecule has 0 spiro atoms. The minimum atomic E-state index is 0.421. The van der Waals surface area contributed by atoms with Crippen LogP contribution in [0.5, 0.6) is 0 Å². The molecule has 0 saturated carbocycles. The van der Waals surface area contributed by atoms with Crippen LogP contribution in [0.25, 0.3) is 0 Å². The van der Waals surface area contributed by atoms with Gasteiger partial charge in [0.05, 0.1) is 0 Å². The topological polar surface area (TPSA) is 20.3 Å². The highest BCUT2D eigenvalue weighted by Gasteiger charge is 2.12. The van der Waals surface area contributed by atoms with Gasteiger partial charge >= 0.3 is 0 Å². The molecule has 1 fully saturated rings. The fraction of sp³-hybridized carbons (Fsp3) is 0.947. The van der Waals surface area contributed by atoms with Crippen LogP contribution < -0.4 is 0 Å². The molecule has 1 aliphatic heterocycles. The maximum Gasteiger partial charge on any atom is 0.222 e. The highest BCUT2D eigenvalue weighted by atomic mass is 16.2. The van der Waals surface area contributed by atoms with Crippen molar-refractivity contribution in [3.05, 3.63) is 0 Å². The monoisotopic (exact) mass is 295 g/mol. The highest BCUT2D eigenvalue weighted by molar-refractivity contribution is 5.76. The second-order valence-electron chi connectivity index (χ2n) is 6.73. The predicted molar refractivity (Wildman–Crippen MR) is 91.5 cm³/mol. The van der Waals surface area contributed by atoms with Crippen LogP contribution in [0.3, 0.4) is 0 Å². The maximum absolute atomic E-state index is 12.4. The van der Waals surface area contributed by atoms with E-state index in [4.69, 9.17) is 0 Å². The summed E-state index contributed by atoms with van der Waals surface area (Å²) in [6, 6.07) is 0. The Morgan fingerprint density at radius 1 is 0.762 bits per heavy atom. The first-order chi connectivity index (χ1) is 10.3. The molecule has 0 unspecified atom stereocenters. The minimum Gasteiger partial charge on any atom is -0.343 e. The Hall–Kier alpha value is -0.530. The van der Waals surface area contributed by atoms with Crippen molar-refractivity contribution in [1.82, 2.24) is 4.90 Å². The van der Waals surface area contributed by atoms with E-state index in [1.165, 1.54) is 83.5 Å². The van der Waals surface area contributed by atoms with E-state index < -0.39 is 0 Å². The van der Waals surface area contributed by atoms with E-state index >= 15 is 0 Å². The SMILES string of the molecule is CCCCCCCN1CCCCCCCCCCCC1=O. The number of hydrogen-bond donors (Lipinski definition) is 0. The van der Waals surface area contributed by atoms with Gasteiger partial charge in [-0.1, -0.05) is 77.6 Å². The molecular weight excluding hydrogens is 258 g/mol. The van der Waals surface area contributed by atoms with Crippen LogP contribution in [0.15, 0.2) is 0 Å². The van der Waals surface area contributed by atoms with Crippen molar-refractivity contribution in [2.24, 2.45) is 0 Å². The van der Waals surface area contributed by atoms with E-state index in [-0.39, 0.29) is 0 Å². The van der Waals surface area contributed by atoms with Crippen LogP contribution in [0.2, 0.25) is 0 Å². The molecule has 0 aliphatic carbocycles. The highest BCUT2D eigenvalue weighted by Crippen LogP contribution is 2.14. The van der Waals surface area contributed by atoms with Gasteiger partial charge in [0.1, 0.15) is 0 Å². The van der Waals surface area contributed by atoms with E-state index in [1.807, 2.05) is 0 Å². The molecular formula is C19H37NO. The summed E-state index contributed by atoms with van der Waals surface area (Å²) in [6.45, 7) is 4.26. The molecule has 1 saturated heterocycles. The zero-order chi connectivity index (χ0) is 15.2. The second-order valence-corrected chi connectivity index (χ2v) is 6.73. The molecule has 0 radical (unpaired) electrons. The van der Waals surface area contributed by atoms with Crippen molar-refractivity contribution in [2.75, 3.05) is 13.1 Å². The first-order valence-corrected chi connectivity index (χ1v) is 9.62. The van der Waals surface area contributed by atoms with E-state index in [1.54, 1.807) is 0 Å². The standard InChI is InChI=1S/C19H37NO/c1-2-3-4-11-14-17-20-18-15-12-9-7-5-6-8-10-13-16-19(20)21/h2-18H2,1H3. The summed E-state index contributed by atoms with van der Waals surface area (Å²) in [4.78, 5) is 14.5. The van der Waals surface area contributed by atoms with Crippen LogP contribution >= 0.6 is 0 Å². The Kier molecular flexibility index (Phi) is 11.6. The number of rotatable bonds is 6. The van der Waals surface area contributed by atoms with Crippen LogP contribution in [0, 0.1) is 0 Å². The number of hydrogen-bond acceptors (Lipinski definition) is 1. The lowest BCUT2D eigenvalue weighted by Gasteiger charge is -2.23. The zero-order valence-corrected chi connectivity index (χ0v) is 14.4. The first kappa shape index (κ1) is 18.5. The second kappa shape index (κ2) is 13.2. The average molecular weight is 296 g/mol. The smallest absolute Gasteiger partial charge is 0.222 e. The number of carbonyl (C=O) groups excluding carboxylic acids is 1. The Labute approximate surface area is 132 Å². The van der Waals surface area contributed by atoms with Crippen molar-refractivity contribution < 1.29 is 4.79 Å². The minimum absolute atomic E-state index is 0.421. The fourth-order valence-corrected chi connectivity index (χ4v) is 3.24. The number of amides is 1. The van der Waals surface area contributed by atoms with E-state index in [0.717, 1.165) is 25.9 Å². The van der Waals surface area contributed by atoms with Crippen molar-refractivity contribution >= 4 is 5.91 Å². The fourth-order valence-electron chi connectivity index (χ4n) is 3.24. The van der Waals surface area contributed by atoms with Gasteiger partial charge in [-0.05, 0) is 19.3 Å². The Balaban J connectivity index is 2.29. The Morgan fingerprint density at radius 2 is 1.33 bits per heavy atom. The zero-order valence-electron chi connectivity index (χ0n) is 14.4.